The maximum atomic E-state index is 12.4. The van der Waals surface area contributed by atoms with Gasteiger partial charge in [-0.15, -0.1) is 0 Å². The van der Waals surface area contributed by atoms with Gasteiger partial charge in [-0.1, -0.05) is 42.5 Å². The Hall–Kier alpha value is -3.67. The van der Waals surface area contributed by atoms with Crippen LogP contribution in [0.2, 0.25) is 0 Å². The third-order valence-corrected chi connectivity index (χ3v) is 4.32. The Labute approximate surface area is 169 Å². The number of pyridine rings is 1. The minimum absolute atomic E-state index is 0.284. The Morgan fingerprint density at radius 2 is 1.69 bits per heavy atom. The van der Waals surface area contributed by atoms with Gasteiger partial charge in [-0.25, -0.2) is 4.79 Å². The van der Waals surface area contributed by atoms with Gasteiger partial charge in [0.05, 0.1) is 7.11 Å². The highest BCUT2D eigenvalue weighted by atomic mass is 16.5. The summed E-state index contributed by atoms with van der Waals surface area (Å²) < 4.78 is 10.7. The summed E-state index contributed by atoms with van der Waals surface area (Å²) in [6, 6.07) is 19.7. The summed E-state index contributed by atoms with van der Waals surface area (Å²) >= 11 is 0. The van der Waals surface area contributed by atoms with Crippen molar-refractivity contribution in [1.82, 2.24) is 10.3 Å². The molecule has 1 aromatic heterocycles. The van der Waals surface area contributed by atoms with E-state index in [0.29, 0.717) is 17.9 Å². The fourth-order valence-corrected chi connectivity index (χ4v) is 2.82. The molecule has 148 valence electrons. The lowest BCUT2D eigenvalue weighted by Gasteiger charge is -2.17. The van der Waals surface area contributed by atoms with E-state index < -0.39 is 12.0 Å². The number of carbonyl (C=O) groups is 2. The number of rotatable bonds is 8. The van der Waals surface area contributed by atoms with Gasteiger partial charge in [0.15, 0.2) is 0 Å². The van der Waals surface area contributed by atoms with E-state index in [9.17, 15) is 9.59 Å². The van der Waals surface area contributed by atoms with Gasteiger partial charge >= 0.3 is 5.97 Å². The molecular formula is C23H22N2O4. The fourth-order valence-electron chi connectivity index (χ4n) is 2.82. The highest BCUT2D eigenvalue weighted by Crippen LogP contribution is 2.17. The molecule has 0 unspecified atom stereocenters. The molecule has 0 aliphatic heterocycles. The second kappa shape index (κ2) is 10.0. The number of nitrogens with zero attached hydrogens (tertiary/aromatic N) is 1. The Bertz CT molecular complexity index is 945. The fraction of sp³-hybridized carbons (Fsp3) is 0.174. The van der Waals surface area contributed by atoms with Crippen LogP contribution in [0.3, 0.4) is 0 Å². The molecule has 0 saturated carbocycles. The number of amides is 1. The van der Waals surface area contributed by atoms with Crippen LogP contribution in [0.1, 0.15) is 21.5 Å². The number of ether oxygens (including phenoxy) is 2. The van der Waals surface area contributed by atoms with Gasteiger partial charge < -0.3 is 14.8 Å². The molecule has 1 heterocycles. The van der Waals surface area contributed by atoms with Crippen molar-refractivity contribution in [3.8, 4) is 5.75 Å². The van der Waals surface area contributed by atoms with E-state index in [4.69, 9.17) is 9.47 Å². The van der Waals surface area contributed by atoms with Crippen molar-refractivity contribution in [1.29, 1.82) is 0 Å². The standard InChI is InChI=1S/C23H22N2O4/c1-28-23(27)21(25-22(26)19-10-12-24-13-11-19)15-18-8-5-9-20(14-18)29-16-17-6-3-2-4-7-17/h2-14,21H,15-16H2,1H3,(H,25,26)/t21-/m0/s1. The monoisotopic (exact) mass is 390 g/mol. The first-order valence-corrected chi connectivity index (χ1v) is 9.20. The van der Waals surface area contributed by atoms with Crippen molar-refractivity contribution in [3.05, 3.63) is 95.8 Å². The summed E-state index contributed by atoms with van der Waals surface area (Å²) in [6.45, 7) is 0.448. The molecule has 0 aliphatic rings. The van der Waals surface area contributed by atoms with Crippen LogP contribution < -0.4 is 10.1 Å². The Morgan fingerprint density at radius 1 is 0.966 bits per heavy atom. The molecule has 6 heteroatoms. The van der Waals surface area contributed by atoms with Gasteiger partial charge in [0, 0.05) is 24.4 Å². The maximum absolute atomic E-state index is 12.4. The normalized spacial score (nSPS) is 11.3. The van der Waals surface area contributed by atoms with E-state index in [1.54, 1.807) is 12.1 Å². The average molecular weight is 390 g/mol. The number of methoxy groups -OCH3 is 1. The van der Waals surface area contributed by atoms with Gasteiger partial charge in [-0.3, -0.25) is 9.78 Å². The van der Waals surface area contributed by atoms with E-state index in [0.717, 1.165) is 11.1 Å². The number of hydrogen-bond donors (Lipinski definition) is 1. The van der Waals surface area contributed by atoms with E-state index in [2.05, 4.69) is 10.3 Å². The van der Waals surface area contributed by atoms with Gasteiger partial charge in [-0.05, 0) is 35.4 Å². The smallest absolute Gasteiger partial charge is 0.328 e. The van der Waals surface area contributed by atoms with Gasteiger partial charge in [-0.2, -0.15) is 0 Å². The Balaban J connectivity index is 1.67. The quantitative estimate of drug-likeness (QED) is 0.598. The molecule has 0 fully saturated rings. The molecule has 0 radical (unpaired) electrons. The third-order valence-electron chi connectivity index (χ3n) is 4.32. The van der Waals surface area contributed by atoms with Crippen molar-refractivity contribution in [2.45, 2.75) is 19.1 Å². The summed E-state index contributed by atoms with van der Waals surface area (Å²) in [7, 11) is 1.30. The zero-order valence-electron chi connectivity index (χ0n) is 16.1. The number of carbonyl (C=O) groups excluding carboxylic acids is 2. The van der Waals surface area contributed by atoms with Crippen molar-refractivity contribution >= 4 is 11.9 Å². The number of benzene rings is 2. The summed E-state index contributed by atoms with van der Waals surface area (Å²) in [5.74, 6) is -0.183. The van der Waals surface area contributed by atoms with Crippen molar-refractivity contribution < 1.29 is 19.1 Å². The maximum Gasteiger partial charge on any atom is 0.328 e. The van der Waals surface area contributed by atoms with Crippen LogP contribution in [0, 0.1) is 0 Å². The Morgan fingerprint density at radius 3 is 2.41 bits per heavy atom. The predicted octanol–water partition coefficient (Wildman–Crippen LogP) is 3.17. The minimum Gasteiger partial charge on any atom is -0.489 e. The lowest BCUT2D eigenvalue weighted by Crippen LogP contribution is -2.43. The second-order valence-corrected chi connectivity index (χ2v) is 6.41. The highest BCUT2D eigenvalue weighted by molar-refractivity contribution is 5.96. The number of hydrogen-bond acceptors (Lipinski definition) is 5. The van der Waals surface area contributed by atoms with E-state index >= 15 is 0 Å². The summed E-state index contributed by atoms with van der Waals surface area (Å²) in [6.07, 6.45) is 3.33. The van der Waals surface area contributed by atoms with Gasteiger partial charge in [0.1, 0.15) is 18.4 Å². The molecule has 3 aromatic rings. The first kappa shape index (κ1) is 20.1. The lowest BCUT2D eigenvalue weighted by atomic mass is 10.0. The molecule has 1 atom stereocenters. The molecule has 3 rings (SSSR count). The lowest BCUT2D eigenvalue weighted by molar-refractivity contribution is -0.142. The zero-order chi connectivity index (χ0) is 20.5. The minimum atomic E-state index is -0.815. The summed E-state index contributed by atoms with van der Waals surface area (Å²) in [5.41, 5.74) is 2.34. The molecule has 0 bridgehead atoms. The molecule has 1 amide bonds. The van der Waals surface area contributed by atoms with Crippen LogP contribution in [0.25, 0.3) is 0 Å². The molecule has 6 nitrogen and oxygen atoms in total. The second-order valence-electron chi connectivity index (χ2n) is 6.41. The molecule has 1 N–H and O–H groups in total. The molecule has 0 spiro atoms. The van der Waals surface area contributed by atoms with E-state index in [-0.39, 0.29) is 12.3 Å². The summed E-state index contributed by atoms with van der Waals surface area (Å²) in [5, 5.41) is 2.73. The predicted molar refractivity (Wildman–Crippen MR) is 108 cm³/mol. The number of esters is 1. The molecular weight excluding hydrogens is 368 g/mol. The SMILES string of the molecule is COC(=O)[C@H](Cc1cccc(OCc2ccccc2)c1)NC(=O)c1ccncc1. The van der Waals surface area contributed by atoms with E-state index in [1.165, 1.54) is 19.5 Å². The van der Waals surface area contributed by atoms with Crippen LogP contribution in [0.5, 0.6) is 5.75 Å². The van der Waals surface area contributed by atoms with Crippen molar-refractivity contribution in [3.63, 3.8) is 0 Å². The van der Waals surface area contributed by atoms with Crippen LogP contribution in [0.4, 0.5) is 0 Å². The largest absolute Gasteiger partial charge is 0.489 e. The molecule has 29 heavy (non-hydrogen) atoms. The highest BCUT2D eigenvalue weighted by Gasteiger charge is 2.22. The van der Waals surface area contributed by atoms with Gasteiger partial charge in [0.25, 0.3) is 5.91 Å². The van der Waals surface area contributed by atoms with Crippen LogP contribution in [-0.4, -0.2) is 30.0 Å². The number of aromatic nitrogens is 1. The molecule has 2 aromatic carbocycles. The first-order valence-electron chi connectivity index (χ1n) is 9.20. The number of nitrogens with one attached hydrogen (secondary N) is 1. The van der Waals surface area contributed by atoms with Gasteiger partial charge in [0.2, 0.25) is 0 Å². The van der Waals surface area contributed by atoms with Crippen LogP contribution in [0.15, 0.2) is 79.1 Å². The zero-order valence-corrected chi connectivity index (χ0v) is 16.1. The van der Waals surface area contributed by atoms with Crippen molar-refractivity contribution in [2.75, 3.05) is 7.11 Å². The summed E-state index contributed by atoms with van der Waals surface area (Å²) in [4.78, 5) is 28.5. The van der Waals surface area contributed by atoms with Crippen LogP contribution in [-0.2, 0) is 22.6 Å². The topological polar surface area (TPSA) is 77.5 Å². The molecule has 0 saturated heterocycles. The Kier molecular flexibility index (Phi) is 6.95. The van der Waals surface area contributed by atoms with Crippen molar-refractivity contribution in [2.24, 2.45) is 0 Å². The third kappa shape index (κ3) is 5.90. The average Bonchev–Trinajstić information content (AvgIpc) is 2.78. The first-order chi connectivity index (χ1) is 14.2. The van der Waals surface area contributed by atoms with Crippen LogP contribution >= 0.6 is 0 Å². The van der Waals surface area contributed by atoms with E-state index in [1.807, 2.05) is 54.6 Å². The molecule has 0 aliphatic carbocycles.